The number of aromatic nitrogens is 2. The van der Waals surface area contributed by atoms with E-state index in [2.05, 4.69) is 10.4 Å². The Balaban J connectivity index is 1.66. The first kappa shape index (κ1) is 26.0. The quantitative estimate of drug-likeness (QED) is 0.383. The number of morpholine rings is 1. The van der Waals surface area contributed by atoms with E-state index in [0.29, 0.717) is 25.3 Å². The van der Waals surface area contributed by atoms with E-state index in [0.717, 1.165) is 18.9 Å². The molecular weight excluding hydrogens is 494 g/mol. The minimum atomic E-state index is -4.13. The molecular formula is C22H29N5O8S. The summed E-state index contributed by atoms with van der Waals surface area (Å²) in [6.45, 7) is 5.49. The van der Waals surface area contributed by atoms with Crippen LogP contribution in [-0.4, -0.2) is 78.9 Å². The lowest BCUT2D eigenvalue weighted by Crippen LogP contribution is -2.40. The molecule has 1 atom stereocenters. The number of hydrogen-bond acceptors (Lipinski definition) is 9. The average molecular weight is 524 g/mol. The van der Waals surface area contributed by atoms with Crippen LogP contribution in [0.5, 0.6) is 11.6 Å². The van der Waals surface area contributed by atoms with E-state index in [1.54, 1.807) is 13.8 Å². The molecule has 1 aromatic carbocycles. The summed E-state index contributed by atoms with van der Waals surface area (Å²) < 4.78 is 46.3. The van der Waals surface area contributed by atoms with Crippen molar-refractivity contribution in [1.82, 2.24) is 19.4 Å². The molecule has 0 radical (unpaired) electrons. The topological polar surface area (TPSA) is 155 Å². The van der Waals surface area contributed by atoms with Gasteiger partial charge in [-0.2, -0.15) is 9.40 Å². The molecule has 2 aliphatic rings. The van der Waals surface area contributed by atoms with Gasteiger partial charge in [0.1, 0.15) is 10.6 Å². The number of rotatable bonds is 9. The van der Waals surface area contributed by atoms with Gasteiger partial charge in [-0.15, -0.1) is 0 Å². The predicted octanol–water partition coefficient (Wildman–Crippen LogP) is 1.84. The van der Waals surface area contributed by atoms with Crippen LogP contribution in [0, 0.1) is 17.0 Å². The van der Waals surface area contributed by atoms with Crippen LogP contribution in [0.2, 0.25) is 0 Å². The number of carbonyl (C=O) groups excluding carboxylic acids is 1. The summed E-state index contributed by atoms with van der Waals surface area (Å²) in [7, 11) is -4.13. The Morgan fingerprint density at radius 2 is 2.06 bits per heavy atom. The zero-order valence-corrected chi connectivity index (χ0v) is 21.0. The number of nitrogens with one attached hydrogen (secondary N) is 1. The summed E-state index contributed by atoms with van der Waals surface area (Å²) in [5.41, 5.74) is 0.170. The highest BCUT2D eigenvalue weighted by Crippen LogP contribution is 2.36. The molecule has 196 valence electrons. The van der Waals surface area contributed by atoms with Crippen molar-refractivity contribution < 1.29 is 32.3 Å². The number of non-ortho nitro benzene ring substituents is 1. The normalized spacial score (nSPS) is 18.8. The SMILES string of the molecule is CCn1nc(C(=O)NC[C@@H]2CCCO2)c(C)c1Oc1ccc([N+](=O)[O-])cc1S(=O)(=O)N1CCOCC1. The fourth-order valence-electron chi connectivity index (χ4n) is 4.12. The Bertz CT molecular complexity index is 1230. The van der Waals surface area contributed by atoms with Crippen molar-refractivity contribution in [3.63, 3.8) is 0 Å². The standard InChI is InChI=1S/C22H29N5O8S/c1-3-26-22(15(2)20(24-26)21(28)23-14-17-5-4-10-34-17)35-18-7-6-16(27(29)30)13-19(18)36(31,32)25-8-11-33-12-9-25/h6-7,13,17H,3-5,8-12,14H2,1-2H3,(H,23,28)/t17-/m0/s1. The second kappa shape index (κ2) is 10.9. The molecule has 1 aromatic heterocycles. The van der Waals surface area contributed by atoms with Crippen LogP contribution in [0.3, 0.4) is 0 Å². The van der Waals surface area contributed by atoms with Crippen LogP contribution in [0.1, 0.15) is 35.8 Å². The summed E-state index contributed by atoms with van der Waals surface area (Å²) in [5, 5.41) is 18.6. The number of hydrogen-bond donors (Lipinski definition) is 1. The van der Waals surface area contributed by atoms with E-state index < -0.39 is 20.9 Å². The number of nitrogens with zero attached hydrogens (tertiary/aromatic N) is 4. The van der Waals surface area contributed by atoms with Crippen LogP contribution in [-0.2, 0) is 26.0 Å². The number of benzene rings is 1. The second-order valence-corrected chi connectivity index (χ2v) is 10.4. The Morgan fingerprint density at radius 3 is 2.69 bits per heavy atom. The molecule has 0 spiro atoms. The van der Waals surface area contributed by atoms with Crippen molar-refractivity contribution in [3.05, 3.63) is 39.6 Å². The number of nitro groups is 1. The third kappa shape index (κ3) is 5.36. The van der Waals surface area contributed by atoms with Crippen LogP contribution >= 0.6 is 0 Å². The fourth-order valence-corrected chi connectivity index (χ4v) is 5.66. The summed E-state index contributed by atoms with van der Waals surface area (Å²) in [5.74, 6) is -0.326. The van der Waals surface area contributed by atoms with Gasteiger partial charge in [0, 0.05) is 50.5 Å². The van der Waals surface area contributed by atoms with Gasteiger partial charge in [0.25, 0.3) is 11.6 Å². The molecule has 0 bridgehead atoms. The van der Waals surface area contributed by atoms with Crippen LogP contribution in [0.4, 0.5) is 5.69 Å². The van der Waals surface area contributed by atoms with Gasteiger partial charge in [-0.3, -0.25) is 14.9 Å². The molecule has 36 heavy (non-hydrogen) atoms. The summed E-state index contributed by atoms with van der Waals surface area (Å²) in [6.07, 6.45) is 1.79. The lowest BCUT2D eigenvalue weighted by atomic mass is 10.2. The molecule has 2 aliphatic heterocycles. The van der Waals surface area contributed by atoms with Crippen LogP contribution in [0.25, 0.3) is 0 Å². The first-order valence-corrected chi connectivity index (χ1v) is 13.2. The van der Waals surface area contributed by atoms with Crippen molar-refractivity contribution in [2.75, 3.05) is 39.5 Å². The Labute approximate surface area is 208 Å². The first-order valence-electron chi connectivity index (χ1n) is 11.7. The van der Waals surface area contributed by atoms with Gasteiger partial charge in [0.05, 0.1) is 24.2 Å². The van der Waals surface area contributed by atoms with Crippen molar-refractivity contribution in [1.29, 1.82) is 0 Å². The smallest absolute Gasteiger partial charge is 0.272 e. The molecule has 0 aliphatic carbocycles. The first-order chi connectivity index (χ1) is 17.2. The van der Waals surface area contributed by atoms with E-state index >= 15 is 0 Å². The maximum absolute atomic E-state index is 13.4. The zero-order chi connectivity index (χ0) is 25.9. The number of carbonyl (C=O) groups is 1. The highest BCUT2D eigenvalue weighted by molar-refractivity contribution is 7.89. The fraction of sp³-hybridized carbons (Fsp3) is 0.545. The summed E-state index contributed by atoms with van der Waals surface area (Å²) in [4.78, 5) is 23.2. The van der Waals surface area contributed by atoms with Crippen LogP contribution in [0.15, 0.2) is 23.1 Å². The van der Waals surface area contributed by atoms with Gasteiger partial charge in [-0.1, -0.05) is 0 Å². The molecule has 2 fully saturated rings. The Morgan fingerprint density at radius 1 is 1.31 bits per heavy atom. The monoisotopic (exact) mass is 523 g/mol. The Kier molecular flexibility index (Phi) is 7.88. The van der Waals surface area contributed by atoms with Crippen LogP contribution < -0.4 is 10.1 Å². The summed E-state index contributed by atoms with van der Waals surface area (Å²) in [6, 6.07) is 3.40. The number of sulfonamides is 1. The number of amides is 1. The molecule has 2 saturated heterocycles. The van der Waals surface area contributed by atoms with Gasteiger partial charge < -0.3 is 19.5 Å². The van der Waals surface area contributed by atoms with Gasteiger partial charge in [0.15, 0.2) is 5.69 Å². The van der Waals surface area contributed by atoms with Gasteiger partial charge in [-0.25, -0.2) is 13.1 Å². The molecule has 1 amide bonds. The number of nitro benzene ring substituents is 1. The van der Waals surface area contributed by atoms with Crippen molar-refractivity contribution in [2.45, 2.75) is 44.2 Å². The van der Waals surface area contributed by atoms with E-state index in [1.165, 1.54) is 21.1 Å². The molecule has 0 saturated carbocycles. The van der Waals surface area contributed by atoms with E-state index in [-0.39, 0.29) is 60.3 Å². The van der Waals surface area contributed by atoms with Crippen molar-refractivity contribution in [3.8, 4) is 11.6 Å². The van der Waals surface area contributed by atoms with E-state index in [4.69, 9.17) is 14.2 Å². The minimum absolute atomic E-state index is 0.0358. The predicted molar refractivity (Wildman–Crippen MR) is 127 cm³/mol. The molecule has 14 heteroatoms. The lowest BCUT2D eigenvalue weighted by Gasteiger charge is -2.26. The highest BCUT2D eigenvalue weighted by Gasteiger charge is 2.32. The van der Waals surface area contributed by atoms with Crippen molar-refractivity contribution in [2.24, 2.45) is 0 Å². The van der Waals surface area contributed by atoms with E-state index in [9.17, 15) is 23.3 Å². The van der Waals surface area contributed by atoms with Gasteiger partial charge in [-0.05, 0) is 32.8 Å². The lowest BCUT2D eigenvalue weighted by molar-refractivity contribution is -0.385. The third-order valence-corrected chi connectivity index (χ3v) is 8.01. The maximum Gasteiger partial charge on any atom is 0.272 e. The second-order valence-electron chi connectivity index (χ2n) is 8.45. The minimum Gasteiger partial charge on any atom is -0.438 e. The third-order valence-electron chi connectivity index (χ3n) is 6.09. The van der Waals surface area contributed by atoms with E-state index in [1.807, 2.05) is 0 Å². The molecule has 4 rings (SSSR count). The molecule has 13 nitrogen and oxygen atoms in total. The molecule has 3 heterocycles. The number of ether oxygens (including phenoxy) is 3. The largest absolute Gasteiger partial charge is 0.438 e. The molecule has 1 N–H and O–H groups in total. The zero-order valence-electron chi connectivity index (χ0n) is 20.1. The highest BCUT2D eigenvalue weighted by atomic mass is 32.2. The Hall–Kier alpha value is -3.07. The summed E-state index contributed by atoms with van der Waals surface area (Å²) >= 11 is 0. The molecule has 0 unspecified atom stereocenters. The maximum atomic E-state index is 13.4. The van der Waals surface area contributed by atoms with Gasteiger partial charge >= 0.3 is 0 Å². The van der Waals surface area contributed by atoms with Crippen molar-refractivity contribution >= 4 is 21.6 Å². The average Bonchev–Trinajstić information content (AvgIpc) is 3.51. The van der Waals surface area contributed by atoms with Gasteiger partial charge in [0.2, 0.25) is 15.9 Å². The number of aryl methyl sites for hydroxylation is 1. The molecule has 2 aromatic rings.